The topological polar surface area (TPSA) is 0 Å². The first kappa shape index (κ1) is 23.7. The highest BCUT2D eigenvalue weighted by Gasteiger charge is 2.01. The number of hydrogen-bond donors (Lipinski definition) is 0. The summed E-state index contributed by atoms with van der Waals surface area (Å²) in [6.45, 7) is 10.1. The van der Waals surface area contributed by atoms with Crippen LogP contribution in [-0.2, 0) is 0 Å². The fraction of sp³-hybridized carbons (Fsp3) is 0.833. The fourth-order valence-electron chi connectivity index (χ4n) is 3.45. The van der Waals surface area contributed by atoms with Gasteiger partial charge in [0.15, 0.2) is 0 Å². The third-order valence-corrected chi connectivity index (χ3v) is 5.18. The summed E-state index contributed by atoms with van der Waals surface area (Å²) in [7, 11) is 0. The van der Waals surface area contributed by atoms with Crippen molar-refractivity contribution in [1.29, 1.82) is 0 Å². The van der Waals surface area contributed by atoms with Crippen molar-refractivity contribution in [3.63, 3.8) is 0 Å². The van der Waals surface area contributed by atoms with Gasteiger partial charge in [0.25, 0.3) is 0 Å². The highest BCUT2D eigenvalue weighted by Crippen LogP contribution is 2.17. The van der Waals surface area contributed by atoms with Gasteiger partial charge in [-0.3, -0.25) is 0 Å². The minimum absolute atomic E-state index is 0.923. The maximum Gasteiger partial charge on any atom is -0.0316 e. The Morgan fingerprint density at radius 1 is 0.625 bits per heavy atom. The minimum Gasteiger partial charge on any atom is -0.0885 e. The first-order valence-electron chi connectivity index (χ1n) is 11.0. The van der Waals surface area contributed by atoms with Crippen molar-refractivity contribution < 1.29 is 0 Å². The Labute approximate surface area is 154 Å². The SMILES string of the molecule is [CH2]C=CCCCCCCCCCCCCCCCC(C)CCC[CH2]. The Balaban J connectivity index is 3.05. The highest BCUT2D eigenvalue weighted by molar-refractivity contribution is 4.83. The average molecular weight is 335 g/mol. The minimum atomic E-state index is 0.923. The molecule has 0 aromatic rings. The smallest absolute Gasteiger partial charge is 0.0316 e. The molecule has 2 radical (unpaired) electrons. The van der Waals surface area contributed by atoms with Gasteiger partial charge in [0, 0.05) is 0 Å². The molecule has 0 amide bonds. The summed E-state index contributed by atoms with van der Waals surface area (Å²) in [5.74, 6) is 0.923. The zero-order valence-electron chi connectivity index (χ0n) is 16.9. The van der Waals surface area contributed by atoms with E-state index in [0.717, 1.165) is 12.3 Å². The lowest BCUT2D eigenvalue weighted by molar-refractivity contribution is 0.443. The fourth-order valence-corrected chi connectivity index (χ4v) is 3.45. The van der Waals surface area contributed by atoms with Gasteiger partial charge in [0.2, 0.25) is 0 Å². The average Bonchev–Trinajstić information content (AvgIpc) is 2.59. The van der Waals surface area contributed by atoms with Crippen LogP contribution in [0, 0.1) is 19.8 Å². The number of unbranched alkanes of at least 4 members (excludes halogenated alkanes) is 14. The predicted octanol–water partition coefficient (Wildman–Crippen LogP) is 8.87. The van der Waals surface area contributed by atoms with E-state index >= 15 is 0 Å². The van der Waals surface area contributed by atoms with E-state index in [1.807, 2.05) is 6.08 Å². The molecule has 0 aromatic heterocycles. The molecule has 0 aliphatic carbocycles. The molecule has 1 unspecified atom stereocenters. The van der Waals surface area contributed by atoms with Crippen LogP contribution >= 0.6 is 0 Å². The number of hydrogen-bond acceptors (Lipinski definition) is 0. The second-order valence-electron chi connectivity index (χ2n) is 7.75. The van der Waals surface area contributed by atoms with Crippen LogP contribution in [0.4, 0.5) is 0 Å². The molecule has 1 atom stereocenters. The van der Waals surface area contributed by atoms with Crippen molar-refractivity contribution >= 4 is 0 Å². The highest BCUT2D eigenvalue weighted by atomic mass is 14.1. The summed E-state index contributed by atoms with van der Waals surface area (Å²) >= 11 is 0. The van der Waals surface area contributed by atoms with E-state index in [2.05, 4.69) is 26.8 Å². The molecule has 0 heterocycles. The van der Waals surface area contributed by atoms with E-state index in [1.54, 1.807) is 0 Å². The molecule has 24 heavy (non-hydrogen) atoms. The summed E-state index contributed by atoms with van der Waals surface area (Å²) in [5, 5.41) is 0. The molecule has 0 aliphatic heterocycles. The molecule has 0 fully saturated rings. The number of rotatable bonds is 19. The van der Waals surface area contributed by atoms with E-state index < -0.39 is 0 Å². The Bertz CT molecular complexity index is 240. The molecule has 0 nitrogen and oxygen atoms in total. The van der Waals surface area contributed by atoms with Crippen molar-refractivity contribution in [2.75, 3.05) is 0 Å². The standard InChI is InChI=1S/C24H46/c1-4-6-8-9-10-11-12-13-14-15-16-17-18-19-20-21-23-24(3)22-7-5-2/h4,6,24H,1-2,5,7-23H2,3H3. The van der Waals surface area contributed by atoms with Crippen molar-refractivity contribution in [3.8, 4) is 0 Å². The van der Waals surface area contributed by atoms with Crippen LogP contribution < -0.4 is 0 Å². The first-order chi connectivity index (χ1) is 11.8. The van der Waals surface area contributed by atoms with Gasteiger partial charge in [-0.05, 0) is 25.7 Å². The lowest BCUT2D eigenvalue weighted by atomic mass is 9.97. The molecule has 0 saturated carbocycles. The lowest BCUT2D eigenvalue weighted by Crippen LogP contribution is -1.94. The molecule has 0 aromatic carbocycles. The Kier molecular flexibility index (Phi) is 20.6. The molecule has 0 heteroatoms. The summed E-state index contributed by atoms with van der Waals surface area (Å²) < 4.78 is 0. The van der Waals surface area contributed by atoms with Crippen LogP contribution in [0.5, 0.6) is 0 Å². The van der Waals surface area contributed by atoms with Crippen LogP contribution in [0.2, 0.25) is 0 Å². The quantitative estimate of drug-likeness (QED) is 0.207. The maximum absolute atomic E-state index is 3.93. The van der Waals surface area contributed by atoms with E-state index in [1.165, 1.54) is 109 Å². The molecule has 0 rings (SSSR count). The van der Waals surface area contributed by atoms with Gasteiger partial charge in [0.05, 0.1) is 0 Å². The van der Waals surface area contributed by atoms with Gasteiger partial charge in [-0.1, -0.05) is 129 Å². The lowest BCUT2D eigenvalue weighted by Gasteiger charge is -2.10. The van der Waals surface area contributed by atoms with Crippen LogP contribution in [0.15, 0.2) is 12.2 Å². The molecule has 142 valence electrons. The third kappa shape index (κ3) is 19.8. The monoisotopic (exact) mass is 334 g/mol. The van der Waals surface area contributed by atoms with Crippen LogP contribution in [-0.4, -0.2) is 0 Å². The van der Waals surface area contributed by atoms with E-state index in [4.69, 9.17) is 0 Å². The second kappa shape index (κ2) is 20.8. The van der Waals surface area contributed by atoms with Crippen LogP contribution in [0.3, 0.4) is 0 Å². The molecular formula is C24H46. The largest absolute Gasteiger partial charge is 0.0885 e. The Morgan fingerprint density at radius 2 is 1.04 bits per heavy atom. The summed E-state index contributed by atoms with van der Waals surface area (Å²) in [6.07, 6.45) is 29.3. The van der Waals surface area contributed by atoms with Crippen molar-refractivity contribution in [2.45, 2.75) is 122 Å². The van der Waals surface area contributed by atoms with E-state index in [0.29, 0.717) is 0 Å². The number of allylic oxidation sites excluding steroid dienone is 2. The summed E-state index contributed by atoms with van der Waals surface area (Å²) in [6, 6.07) is 0. The Morgan fingerprint density at radius 3 is 1.50 bits per heavy atom. The summed E-state index contributed by atoms with van der Waals surface area (Å²) in [5.41, 5.74) is 0. The van der Waals surface area contributed by atoms with Gasteiger partial charge >= 0.3 is 0 Å². The molecular weight excluding hydrogens is 288 g/mol. The van der Waals surface area contributed by atoms with Crippen molar-refractivity contribution in [3.05, 3.63) is 26.0 Å². The second-order valence-corrected chi connectivity index (χ2v) is 7.75. The van der Waals surface area contributed by atoms with Gasteiger partial charge in [-0.25, -0.2) is 0 Å². The molecule has 0 N–H and O–H groups in total. The van der Waals surface area contributed by atoms with Gasteiger partial charge in [-0.15, -0.1) is 0 Å². The molecule has 0 bridgehead atoms. The summed E-state index contributed by atoms with van der Waals surface area (Å²) in [4.78, 5) is 0. The van der Waals surface area contributed by atoms with Crippen LogP contribution in [0.1, 0.15) is 122 Å². The molecule has 0 aliphatic rings. The van der Waals surface area contributed by atoms with E-state index in [9.17, 15) is 0 Å². The van der Waals surface area contributed by atoms with Crippen molar-refractivity contribution in [2.24, 2.45) is 5.92 Å². The zero-order valence-corrected chi connectivity index (χ0v) is 16.9. The molecule has 0 spiro atoms. The van der Waals surface area contributed by atoms with E-state index in [-0.39, 0.29) is 0 Å². The normalized spacial score (nSPS) is 13.0. The predicted molar refractivity (Wildman–Crippen MR) is 112 cm³/mol. The third-order valence-electron chi connectivity index (χ3n) is 5.18. The van der Waals surface area contributed by atoms with Crippen molar-refractivity contribution in [1.82, 2.24) is 0 Å². The Hall–Kier alpha value is -0.260. The van der Waals surface area contributed by atoms with Gasteiger partial charge in [0.1, 0.15) is 0 Å². The van der Waals surface area contributed by atoms with Crippen LogP contribution in [0.25, 0.3) is 0 Å². The van der Waals surface area contributed by atoms with Gasteiger partial charge in [-0.2, -0.15) is 0 Å². The maximum atomic E-state index is 3.93. The van der Waals surface area contributed by atoms with Gasteiger partial charge < -0.3 is 0 Å². The zero-order chi connectivity index (χ0) is 17.7. The molecule has 0 saturated heterocycles. The first-order valence-corrected chi connectivity index (χ1v) is 11.0.